The van der Waals surface area contributed by atoms with E-state index in [4.69, 9.17) is 4.74 Å². The molecule has 22 heavy (non-hydrogen) atoms. The molecule has 0 aliphatic carbocycles. The number of pyridine rings is 1. The van der Waals surface area contributed by atoms with Crippen LogP contribution in [0.4, 0.5) is 11.5 Å². The number of nitrogens with one attached hydrogen (secondary N) is 1. The largest absolute Gasteiger partial charge is 0.496 e. The molecule has 0 amide bonds. The second kappa shape index (κ2) is 5.61. The lowest BCUT2D eigenvalue weighted by molar-refractivity contribution is 0.412. The molecule has 0 atom stereocenters. The van der Waals surface area contributed by atoms with E-state index in [1.165, 1.54) is 0 Å². The number of rotatable bonds is 3. The Morgan fingerprint density at radius 2 is 2.05 bits per heavy atom. The summed E-state index contributed by atoms with van der Waals surface area (Å²) in [5.74, 6) is 1.62. The first-order valence-corrected chi connectivity index (χ1v) is 7.70. The highest BCUT2D eigenvalue weighted by molar-refractivity contribution is 9.10. The predicted octanol–water partition coefficient (Wildman–Crippen LogP) is 4.10. The number of ether oxygens (including phenoxy) is 1. The third-order valence-electron chi connectivity index (χ3n) is 3.77. The maximum atomic E-state index is 5.40. The molecular formula is C16H17BrN4O. The fourth-order valence-corrected chi connectivity index (χ4v) is 2.90. The van der Waals surface area contributed by atoms with Crippen molar-refractivity contribution < 1.29 is 4.74 Å². The van der Waals surface area contributed by atoms with E-state index in [1.807, 2.05) is 32.2 Å². The van der Waals surface area contributed by atoms with E-state index < -0.39 is 0 Å². The zero-order chi connectivity index (χ0) is 15.9. The van der Waals surface area contributed by atoms with Crippen LogP contribution in [-0.4, -0.2) is 21.9 Å². The van der Waals surface area contributed by atoms with Gasteiger partial charge in [0.1, 0.15) is 17.1 Å². The zero-order valence-corrected chi connectivity index (χ0v) is 14.5. The first-order valence-electron chi connectivity index (χ1n) is 6.90. The predicted molar refractivity (Wildman–Crippen MR) is 92.0 cm³/mol. The molecule has 2 aromatic heterocycles. The molecule has 0 saturated carbocycles. The molecule has 3 rings (SSSR count). The van der Waals surface area contributed by atoms with Crippen molar-refractivity contribution in [1.82, 2.24) is 14.8 Å². The SMILES string of the molecule is COc1ccc(C)c(Nc2nc3cnn(C)c3cc2Br)c1C. The Morgan fingerprint density at radius 1 is 1.27 bits per heavy atom. The van der Waals surface area contributed by atoms with Crippen molar-refractivity contribution in [3.8, 4) is 5.75 Å². The number of nitrogens with zero attached hydrogens (tertiary/aromatic N) is 3. The van der Waals surface area contributed by atoms with Crippen molar-refractivity contribution in [2.75, 3.05) is 12.4 Å². The number of benzene rings is 1. The van der Waals surface area contributed by atoms with Crippen molar-refractivity contribution in [2.45, 2.75) is 13.8 Å². The maximum Gasteiger partial charge on any atom is 0.145 e. The van der Waals surface area contributed by atoms with Crippen LogP contribution < -0.4 is 10.1 Å². The number of fused-ring (bicyclic) bond motifs is 1. The van der Waals surface area contributed by atoms with Crippen molar-refractivity contribution in [3.63, 3.8) is 0 Å². The number of hydrogen-bond acceptors (Lipinski definition) is 4. The van der Waals surface area contributed by atoms with Gasteiger partial charge in [0, 0.05) is 18.3 Å². The minimum absolute atomic E-state index is 0.764. The average Bonchev–Trinajstić information content (AvgIpc) is 2.84. The normalized spacial score (nSPS) is 11.0. The summed E-state index contributed by atoms with van der Waals surface area (Å²) in [5.41, 5.74) is 5.04. The lowest BCUT2D eigenvalue weighted by Crippen LogP contribution is -2.01. The van der Waals surface area contributed by atoms with Crippen LogP contribution in [0.5, 0.6) is 5.75 Å². The quantitative estimate of drug-likeness (QED) is 0.763. The average molecular weight is 361 g/mol. The van der Waals surface area contributed by atoms with Gasteiger partial charge in [-0.25, -0.2) is 4.98 Å². The Bertz CT molecular complexity index is 857. The Balaban J connectivity index is 2.08. The van der Waals surface area contributed by atoms with Gasteiger partial charge >= 0.3 is 0 Å². The Hall–Kier alpha value is -2.08. The lowest BCUT2D eigenvalue weighted by Gasteiger charge is -2.16. The van der Waals surface area contributed by atoms with Gasteiger partial charge in [0.25, 0.3) is 0 Å². The molecule has 0 saturated heterocycles. The second-order valence-corrected chi connectivity index (χ2v) is 6.06. The highest BCUT2D eigenvalue weighted by Crippen LogP contribution is 2.34. The summed E-state index contributed by atoms with van der Waals surface area (Å²) in [7, 11) is 3.58. The summed E-state index contributed by atoms with van der Waals surface area (Å²) < 4.78 is 8.09. The van der Waals surface area contributed by atoms with E-state index >= 15 is 0 Å². The fourth-order valence-electron chi connectivity index (χ4n) is 2.50. The molecule has 0 unspecified atom stereocenters. The Kier molecular flexibility index (Phi) is 3.78. The van der Waals surface area contributed by atoms with Crippen LogP contribution in [0.2, 0.25) is 0 Å². The van der Waals surface area contributed by atoms with Crippen LogP contribution >= 0.6 is 15.9 Å². The molecule has 0 radical (unpaired) electrons. The highest BCUT2D eigenvalue weighted by atomic mass is 79.9. The van der Waals surface area contributed by atoms with Gasteiger partial charge in [-0.2, -0.15) is 5.10 Å². The van der Waals surface area contributed by atoms with Gasteiger partial charge in [0.15, 0.2) is 0 Å². The molecule has 6 heteroatoms. The molecule has 2 heterocycles. The topological polar surface area (TPSA) is 52.0 Å². The highest BCUT2D eigenvalue weighted by Gasteiger charge is 2.12. The first-order chi connectivity index (χ1) is 10.5. The minimum Gasteiger partial charge on any atom is -0.496 e. The third kappa shape index (κ3) is 2.43. The van der Waals surface area contributed by atoms with Crippen LogP contribution in [0, 0.1) is 13.8 Å². The first kappa shape index (κ1) is 14.8. The Labute approximate surface area is 137 Å². The second-order valence-electron chi connectivity index (χ2n) is 5.20. The van der Waals surface area contributed by atoms with E-state index in [2.05, 4.69) is 38.3 Å². The van der Waals surface area contributed by atoms with Crippen LogP contribution in [0.15, 0.2) is 28.9 Å². The Morgan fingerprint density at radius 3 is 2.77 bits per heavy atom. The molecule has 3 aromatic rings. The molecule has 1 N–H and O–H groups in total. The van der Waals surface area contributed by atoms with E-state index in [1.54, 1.807) is 18.0 Å². The standard InChI is InChI=1S/C16H17BrN4O/c1-9-5-6-14(22-4)10(2)15(9)20-16-11(17)7-13-12(19-16)8-18-21(13)3/h5-8H,1-4H3,(H,19,20). The number of anilines is 2. The molecular weight excluding hydrogens is 344 g/mol. The monoisotopic (exact) mass is 360 g/mol. The lowest BCUT2D eigenvalue weighted by atomic mass is 10.1. The minimum atomic E-state index is 0.764. The van der Waals surface area contributed by atoms with Crippen molar-refractivity contribution in [3.05, 3.63) is 40.0 Å². The fraction of sp³-hybridized carbons (Fsp3) is 0.250. The van der Waals surface area contributed by atoms with Gasteiger partial charge in [-0.3, -0.25) is 4.68 Å². The van der Waals surface area contributed by atoms with Gasteiger partial charge in [0.2, 0.25) is 0 Å². The molecule has 0 fully saturated rings. The smallest absolute Gasteiger partial charge is 0.145 e. The van der Waals surface area contributed by atoms with Crippen LogP contribution in [0.1, 0.15) is 11.1 Å². The summed E-state index contributed by atoms with van der Waals surface area (Å²) in [6.45, 7) is 4.09. The maximum absolute atomic E-state index is 5.40. The number of halogens is 1. The van der Waals surface area contributed by atoms with Gasteiger partial charge in [-0.15, -0.1) is 0 Å². The molecule has 0 aliphatic rings. The molecule has 114 valence electrons. The van der Waals surface area contributed by atoms with Gasteiger partial charge in [-0.05, 0) is 47.5 Å². The van der Waals surface area contributed by atoms with Crippen molar-refractivity contribution in [2.24, 2.45) is 7.05 Å². The molecule has 0 spiro atoms. The van der Waals surface area contributed by atoms with E-state index in [0.717, 1.165) is 43.9 Å². The van der Waals surface area contributed by atoms with Crippen LogP contribution in [-0.2, 0) is 7.05 Å². The van der Waals surface area contributed by atoms with E-state index in [0.29, 0.717) is 0 Å². The van der Waals surface area contributed by atoms with Crippen LogP contribution in [0.25, 0.3) is 11.0 Å². The summed E-state index contributed by atoms with van der Waals surface area (Å²) in [4.78, 5) is 4.65. The summed E-state index contributed by atoms with van der Waals surface area (Å²) >= 11 is 3.58. The third-order valence-corrected chi connectivity index (χ3v) is 4.38. The van der Waals surface area contributed by atoms with E-state index in [-0.39, 0.29) is 0 Å². The number of aromatic nitrogens is 3. The van der Waals surface area contributed by atoms with Crippen molar-refractivity contribution >= 4 is 38.5 Å². The van der Waals surface area contributed by atoms with Crippen molar-refractivity contribution in [1.29, 1.82) is 0 Å². The van der Waals surface area contributed by atoms with Gasteiger partial charge in [-0.1, -0.05) is 6.07 Å². The molecule has 0 aliphatic heterocycles. The molecule has 5 nitrogen and oxygen atoms in total. The van der Waals surface area contributed by atoms with Crippen LogP contribution in [0.3, 0.4) is 0 Å². The van der Waals surface area contributed by atoms with E-state index in [9.17, 15) is 0 Å². The molecule has 1 aromatic carbocycles. The summed E-state index contributed by atoms with van der Waals surface area (Å²) in [6, 6.07) is 6.02. The van der Waals surface area contributed by atoms with Gasteiger partial charge < -0.3 is 10.1 Å². The van der Waals surface area contributed by atoms with Gasteiger partial charge in [0.05, 0.1) is 23.3 Å². The summed E-state index contributed by atoms with van der Waals surface area (Å²) in [5, 5.41) is 7.64. The number of aryl methyl sites for hydroxylation is 2. The zero-order valence-electron chi connectivity index (χ0n) is 12.9. The molecule has 0 bridgehead atoms. The number of hydrogen-bond donors (Lipinski definition) is 1. The number of methoxy groups -OCH3 is 1. The summed E-state index contributed by atoms with van der Waals surface area (Å²) in [6.07, 6.45) is 1.76.